The van der Waals surface area contributed by atoms with Crippen molar-refractivity contribution in [2.75, 3.05) is 0 Å². The molecule has 0 aliphatic heterocycles. The Hall–Kier alpha value is -0.870. The first kappa shape index (κ1) is 21.1. The summed E-state index contributed by atoms with van der Waals surface area (Å²) in [5, 5.41) is 28.1. The number of hydrogen-bond donors (Lipinski definition) is 3. The van der Waals surface area contributed by atoms with Crippen LogP contribution in [-0.4, -0.2) is 33.5 Å². The van der Waals surface area contributed by atoms with Crippen molar-refractivity contribution in [3.63, 3.8) is 0 Å². The zero-order valence-corrected chi connectivity index (χ0v) is 14.0. The number of aliphatic hydroxyl groups is 2. The zero-order valence-electron chi connectivity index (χ0n) is 14.0. The zero-order chi connectivity index (χ0) is 16.6. The third-order valence-electron chi connectivity index (χ3n) is 3.84. The van der Waals surface area contributed by atoms with E-state index in [9.17, 15) is 15.0 Å². The summed E-state index contributed by atoms with van der Waals surface area (Å²) < 4.78 is 0. The van der Waals surface area contributed by atoms with Gasteiger partial charge in [-0.15, -0.1) is 0 Å². The van der Waals surface area contributed by atoms with Crippen molar-refractivity contribution in [2.24, 2.45) is 0 Å². The van der Waals surface area contributed by atoms with E-state index in [0.717, 1.165) is 25.7 Å². The number of rotatable bonds is 15. The molecular formula is C18H34O4. The molecule has 22 heavy (non-hydrogen) atoms. The van der Waals surface area contributed by atoms with Crippen molar-refractivity contribution >= 4 is 5.97 Å². The fourth-order valence-electron chi connectivity index (χ4n) is 2.38. The Labute approximate surface area is 135 Å². The number of aliphatic carboxylic acids is 1. The summed E-state index contributed by atoms with van der Waals surface area (Å²) in [5.74, 6) is -0.779. The molecule has 130 valence electrons. The molecule has 2 unspecified atom stereocenters. The molecule has 0 aromatic heterocycles. The summed E-state index contributed by atoms with van der Waals surface area (Å²) in [6, 6.07) is 0. The Morgan fingerprint density at radius 1 is 0.955 bits per heavy atom. The molecule has 0 aliphatic carbocycles. The van der Waals surface area contributed by atoms with Crippen LogP contribution in [-0.2, 0) is 4.79 Å². The first-order valence-electron chi connectivity index (χ1n) is 8.82. The molecule has 0 fully saturated rings. The van der Waals surface area contributed by atoms with Crippen LogP contribution < -0.4 is 0 Å². The Bertz CT molecular complexity index is 289. The molecule has 0 aromatic rings. The predicted octanol–water partition coefficient (Wildman–Crippen LogP) is 4.05. The van der Waals surface area contributed by atoms with E-state index in [0.29, 0.717) is 12.8 Å². The van der Waals surface area contributed by atoms with Gasteiger partial charge in [0.1, 0.15) is 0 Å². The SMILES string of the molecule is CCCCCCCC/C=C\C(O)C(O)CCCCCC(=O)O. The second kappa shape index (κ2) is 15.0. The van der Waals surface area contributed by atoms with E-state index in [1.807, 2.05) is 6.08 Å². The van der Waals surface area contributed by atoms with Crippen LogP contribution in [0.1, 0.15) is 84.0 Å². The van der Waals surface area contributed by atoms with Gasteiger partial charge >= 0.3 is 5.97 Å². The maximum absolute atomic E-state index is 10.4. The number of carboxylic acid groups (broad SMARTS) is 1. The lowest BCUT2D eigenvalue weighted by molar-refractivity contribution is -0.137. The van der Waals surface area contributed by atoms with Crippen LogP contribution in [0.3, 0.4) is 0 Å². The van der Waals surface area contributed by atoms with Crippen molar-refractivity contribution in [2.45, 2.75) is 96.2 Å². The summed E-state index contributed by atoms with van der Waals surface area (Å²) in [6.45, 7) is 2.21. The molecule has 0 heterocycles. The molecule has 0 rings (SSSR count). The lowest BCUT2D eigenvalue weighted by Gasteiger charge is -2.14. The third kappa shape index (κ3) is 14.1. The summed E-state index contributed by atoms with van der Waals surface area (Å²) >= 11 is 0. The van der Waals surface area contributed by atoms with Crippen LogP contribution in [0.5, 0.6) is 0 Å². The number of aliphatic hydroxyl groups excluding tert-OH is 2. The fraction of sp³-hybridized carbons (Fsp3) is 0.833. The lowest BCUT2D eigenvalue weighted by atomic mass is 10.0. The number of unbranched alkanes of at least 4 members (excludes halogenated alkanes) is 8. The molecule has 4 heteroatoms. The Morgan fingerprint density at radius 3 is 2.27 bits per heavy atom. The molecule has 0 saturated carbocycles. The number of carbonyl (C=O) groups is 1. The highest BCUT2D eigenvalue weighted by Crippen LogP contribution is 2.11. The van der Waals surface area contributed by atoms with Crippen molar-refractivity contribution in [1.82, 2.24) is 0 Å². The highest BCUT2D eigenvalue weighted by molar-refractivity contribution is 5.66. The molecule has 0 aromatic carbocycles. The quantitative estimate of drug-likeness (QED) is 0.315. The molecule has 0 radical (unpaired) electrons. The number of carboxylic acids is 1. The van der Waals surface area contributed by atoms with Crippen molar-refractivity contribution in [1.29, 1.82) is 0 Å². The second-order valence-corrected chi connectivity index (χ2v) is 6.04. The van der Waals surface area contributed by atoms with E-state index in [4.69, 9.17) is 5.11 Å². The van der Waals surface area contributed by atoms with Gasteiger partial charge in [0.05, 0.1) is 12.2 Å². The van der Waals surface area contributed by atoms with Crippen LogP contribution >= 0.6 is 0 Å². The Morgan fingerprint density at radius 2 is 1.59 bits per heavy atom. The largest absolute Gasteiger partial charge is 0.481 e. The molecule has 0 aliphatic rings. The van der Waals surface area contributed by atoms with Gasteiger partial charge in [0, 0.05) is 6.42 Å². The van der Waals surface area contributed by atoms with Crippen LogP contribution in [0.25, 0.3) is 0 Å². The van der Waals surface area contributed by atoms with Gasteiger partial charge in [-0.3, -0.25) is 4.79 Å². The monoisotopic (exact) mass is 314 g/mol. The minimum atomic E-state index is -0.806. The number of hydrogen-bond acceptors (Lipinski definition) is 3. The molecule has 2 atom stereocenters. The third-order valence-corrected chi connectivity index (χ3v) is 3.84. The van der Waals surface area contributed by atoms with Crippen LogP contribution in [0, 0.1) is 0 Å². The van der Waals surface area contributed by atoms with Crippen molar-refractivity contribution in [3.8, 4) is 0 Å². The van der Waals surface area contributed by atoms with E-state index in [-0.39, 0.29) is 6.42 Å². The maximum atomic E-state index is 10.4. The van der Waals surface area contributed by atoms with Gasteiger partial charge in [-0.05, 0) is 25.7 Å². The maximum Gasteiger partial charge on any atom is 0.303 e. The summed E-state index contributed by atoms with van der Waals surface area (Å²) in [4.78, 5) is 10.4. The minimum Gasteiger partial charge on any atom is -0.481 e. The van der Waals surface area contributed by atoms with Gasteiger partial charge in [0.2, 0.25) is 0 Å². The first-order chi connectivity index (χ1) is 10.6. The number of allylic oxidation sites excluding steroid dienone is 1. The fourth-order valence-corrected chi connectivity index (χ4v) is 2.38. The first-order valence-corrected chi connectivity index (χ1v) is 8.82. The highest BCUT2D eigenvalue weighted by atomic mass is 16.4. The van der Waals surface area contributed by atoms with E-state index in [2.05, 4.69) is 6.92 Å². The van der Waals surface area contributed by atoms with Gasteiger partial charge in [0.15, 0.2) is 0 Å². The van der Waals surface area contributed by atoms with Crippen molar-refractivity contribution in [3.05, 3.63) is 12.2 Å². The summed E-state index contributed by atoms with van der Waals surface area (Å²) in [5.41, 5.74) is 0. The molecule has 3 N–H and O–H groups in total. The van der Waals surface area contributed by atoms with Gasteiger partial charge in [0.25, 0.3) is 0 Å². The topological polar surface area (TPSA) is 77.8 Å². The smallest absolute Gasteiger partial charge is 0.303 e. The van der Waals surface area contributed by atoms with Crippen molar-refractivity contribution < 1.29 is 20.1 Å². The van der Waals surface area contributed by atoms with Crippen LogP contribution in [0.15, 0.2) is 12.2 Å². The van der Waals surface area contributed by atoms with E-state index in [1.165, 1.54) is 32.1 Å². The van der Waals surface area contributed by atoms with E-state index < -0.39 is 18.2 Å². The second-order valence-electron chi connectivity index (χ2n) is 6.04. The van der Waals surface area contributed by atoms with Crippen LogP contribution in [0.2, 0.25) is 0 Å². The molecule has 0 saturated heterocycles. The molecule has 4 nitrogen and oxygen atoms in total. The van der Waals surface area contributed by atoms with Gasteiger partial charge in [-0.25, -0.2) is 0 Å². The molecular weight excluding hydrogens is 280 g/mol. The average molecular weight is 314 g/mol. The molecule has 0 amide bonds. The lowest BCUT2D eigenvalue weighted by Crippen LogP contribution is -2.23. The molecule has 0 bridgehead atoms. The van der Waals surface area contributed by atoms with Gasteiger partial charge in [-0.2, -0.15) is 0 Å². The minimum absolute atomic E-state index is 0.177. The van der Waals surface area contributed by atoms with Gasteiger partial charge in [-0.1, -0.05) is 64.0 Å². The summed E-state index contributed by atoms with van der Waals surface area (Å²) in [7, 11) is 0. The predicted molar refractivity (Wildman–Crippen MR) is 89.9 cm³/mol. The standard InChI is InChI=1S/C18H34O4/c1-2-3-4-5-6-7-8-10-13-16(19)17(20)14-11-9-12-15-18(21)22/h10,13,16-17,19-20H,2-9,11-12,14-15H2,1H3,(H,21,22)/b13-10-. The summed E-state index contributed by atoms with van der Waals surface area (Å²) in [6.07, 6.45) is 13.4. The molecule has 0 spiro atoms. The van der Waals surface area contributed by atoms with E-state index in [1.54, 1.807) is 6.08 Å². The van der Waals surface area contributed by atoms with E-state index >= 15 is 0 Å². The van der Waals surface area contributed by atoms with Crippen LogP contribution in [0.4, 0.5) is 0 Å². The highest BCUT2D eigenvalue weighted by Gasteiger charge is 2.12. The normalized spacial score (nSPS) is 14.3. The van der Waals surface area contributed by atoms with Gasteiger partial charge < -0.3 is 15.3 Å². The Kier molecular flexibility index (Phi) is 14.4. The Balaban J connectivity index is 3.53. The average Bonchev–Trinajstić information content (AvgIpc) is 2.48.